The summed E-state index contributed by atoms with van der Waals surface area (Å²) in [4.78, 5) is 35.7. The molecule has 0 aliphatic rings. The monoisotopic (exact) mass is 532 g/mol. The molecule has 3 aromatic heterocycles. The summed E-state index contributed by atoms with van der Waals surface area (Å²) < 4.78 is 13.0. The highest BCUT2D eigenvalue weighted by molar-refractivity contribution is 9.10. The smallest absolute Gasteiger partial charge is 0.344 e. The summed E-state index contributed by atoms with van der Waals surface area (Å²) in [6.45, 7) is 2.35. The quantitative estimate of drug-likeness (QED) is 0.273. The second-order valence-electron chi connectivity index (χ2n) is 7.77. The van der Waals surface area contributed by atoms with E-state index in [0.717, 1.165) is 5.56 Å². The molecule has 5 aromatic rings. The van der Waals surface area contributed by atoms with Crippen molar-refractivity contribution in [2.24, 2.45) is 0 Å². The molecule has 8 nitrogen and oxygen atoms in total. The Morgan fingerprint density at radius 3 is 2.40 bits per heavy atom. The minimum atomic E-state index is -0.587. The molecule has 0 aliphatic heterocycles. The average molecular weight is 533 g/mol. The number of rotatable bonds is 7. The molecule has 35 heavy (non-hydrogen) atoms. The molecular weight excluding hydrogens is 512 g/mol. The Hall–Kier alpha value is -3.98. The number of carbonyl (C=O) groups excluding carboxylic acids is 2. The standard InChI is InChI=1S/C26H21BrN4O4/c1-2-34-26(33)21-22-24(29-18-11-7-6-10-17(18)28-22)31(15-14-16-8-4-3-5-9-16)23(21)30-25(32)19-12-13-20(27)35-19/h3-13H,2,14-15H2,1H3,(H,30,32). The van der Waals surface area contributed by atoms with Crippen molar-refractivity contribution in [3.8, 4) is 0 Å². The fraction of sp³-hybridized carbons (Fsp3) is 0.154. The second-order valence-corrected chi connectivity index (χ2v) is 8.56. The summed E-state index contributed by atoms with van der Waals surface area (Å²) in [5.74, 6) is -0.731. The number of hydrogen-bond donors (Lipinski definition) is 1. The number of hydrogen-bond acceptors (Lipinski definition) is 6. The first-order chi connectivity index (χ1) is 17.0. The number of aryl methyl sites for hydroxylation is 2. The lowest BCUT2D eigenvalue weighted by atomic mass is 10.1. The van der Waals surface area contributed by atoms with Crippen molar-refractivity contribution in [1.82, 2.24) is 14.5 Å². The van der Waals surface area contributed by atoms with E-state index in [1.54, 1.807) is 19.1 Å². The van der Waals surface area contributed by atoms with Crippen molar-refractivity contribution >= 4 is 55.8 Å². The summed E-state index contributed by atoms with van der Waals surface area (Å²) in [6, 6.07) is 20.5. The van der Waals surface area contributed by atoms with Crippen molar-refractivity contribution in [2.75, 3.05) is 11.9 Å². The van der Waals surface area contributed by atoms with Gasteiger partial charge in [-0.15, -0.1) is 0 Å². The van der Waals surface area contributed by atoms with E-state index in [1.165, 1.54) is 0 Å². The fourth-order valence-electron chi connectivity index (χ4n) is 3.93. The number of esters is 1. The number of benzene rings is 2. The number of carbonyl (C=O) groups is 2. The Labute approximate surface area is 209 Å². The van der Waals surface area contributed by atoms with Crippen LogP contribution in [0.1, 0.15) is 33.4 Å². The Kier molecular flexibility index (Phi) is 6.33. The average Bonchev–Trinajstić information content (AvgIpc) is 3.43. The molecule has 0 bridgehead atoms. The molecule has 9 heteroatoms. The van der Waals surface area contributed by atoms with Gasteiger partial charge in [-0.1, -0.05) is 42.5 Å². The van der Waals surface area contributed by atoms with Gasteiger partial charge in [0, 0.05) is 6.54 Å². The van der Waals surface area contributed by atoms with Crippen LogP contribution in [0.3, 0.4) is 0 Å². The van der Waals surface area contributed by atoms with Crippen LogP contribution in [0.15, 0.2) is 75.8 Å². The molecular formula is C26H21BrN4O4. The van der Waals surface area contributed by atoms with Crippen LogP contribution in [0.5, 0.6) is 0 Å². The number of halogens is 1. The molecule has 5 rings (SSSR count). The Morgan fingerprint density at radius 2 is 1.71 bits per heavy atom. The number of furan rings is 1. The van der Waals surface area contributed by atoms with Gasteiger partial charge in [-0.2, -0.15) is 0 Å². The third-order valence-corrected chi connectivity index (χ3v) is 5.95. The van der Waals surface area contributed by atoms with E-state index in [2.05, 4.69) is 21.2 Å². The second kappa shape index (κ2) is 9.71. The van der Waals surface area contributed by atoms with Crippen LogP contribution in [0, 0.1) is 0 Å². The first-order valence-electron chi connectivity index (χ1n) is 11.1. The maximum atomic E-state index is 13.1. The molecule has 0 unspecified atom stereocenters. The third kappa shape index (κ3) is 4.54. The van der Waals surface area contributed by atoms with Crippen LogP contribution >= 0.6 is 15.9 Å². The highest BCUT2D eigenvalue weighted by Gasteiger charge is 2.28. The van der Waals surface area contributed by atoms with Gasteiger partial charge in [-0.3, -0.25) is 4.79 Å². The topological polar surface area (TPSA) is 99.2 Å². The molecule has 0 fully saturated rings. The van der Waals surface area contributed by atoms with Crippen LogP contribution < -0.4 is 5.32 Å². The van der Waals surface area contributed by atoms with E-state index in [1.807, 2.05) is 59.2 Å². The zero-order chi connectivity index (χ0) is 24.4. The van der Waals surface area contributed by atoms with E-state index in [9.17, 15) is 9.59 Å². The molecule has 1 N–H and O–H groups in total. The number of anilines is 1. The van der Waals surface area contributed by atoms with Crippen molar-refractivity contribution < 1.29 is 18.7 Å². The molecule has 0 spiro atoms. The largest absolute Gasteiger partial charge is 0.462 e. The number of fused-ring (bicyclic) bond motifs is 2. The predicted molar refractivity (Wildman–Crippen MR) is 135 cm³/mol. The highest BCUT2D eigenvalue weighted by atomic mass is 79.9. The van der Waals surface area contributed by atoms with E-state index in [4.69, 9.17) is 19.1 Å². The van der Waals surface area contributed by atoms with E-state index in [0.29, 0.717) is 39.8 Å². The fourth-order valence-corrected chi connectivity index (χ4v) is 4.24. The van der Waals surface area contributed by atoms with Crippen molar-refractivity contribution in [3.05, 3.63) is 88.3 Å². The van der Waals surface area contributed by atoms with Gasteiger partial charge in [0.1, 0.15) is 16.9 Å². The van der Waals surface area contributed by atoms with Crippen molar-refractivity contribution in [2.45, 2.75) is 19.9 Å². The summed E-state index contributed by atoms with van der Waals surface area (Å²) in [6.07, 6.45) is 0.649. The number of para-hydroxylation sites is 2. The Balaban J connectivity index is 1.70. The highest BCUT2D eigenvalue weighted by Crippen LogP contribution is 2.31. The molecule has 0 aliphatic carbocycles. The Bertz CT molecular complexity index is 1540. The van der Waals surface area contributed by atoms with Gasteiger partial charge >= 0.3 is 5.97 Å². The van der Waals surface area contributed by atoms with E-state index in [-0.39, 0.29) is 23.7 Å². The van der Waals surface area contributed by atoms with Crippen LogP contribution in [-0.4, -0.2) is 33.0 Å². The molecule has 0 atom stereocenters. The zero-order valence-electron chi connectivity index (χ0n) is 18.8. The van der Waals surface area contributed by atoms with Gasteiger partial charge in [-0.05, 0) is 59.1 Å². The lowest BCUT2D eigenvalue weighted by Crippen LogP contribution is -2.18. The molecule has 176 valence electrons. The van der Waals surface area contributed by atoms with E-state index >= 15 is 0 Å². The van der Waals surface area contributed by atoms with Crippen LogP contribution in [0.4, 0.5) is 5.82 Å². The molecule has 0 saturated carbocycles. The van der Waals surface area contributed by atoms with Gasteiger partial charge in [0.2, 0.25) is 0 Å². The maximum absolute atomic E-state index is 13.1. The summed E-state index contributed by atoms with van der Waals surface area (Å²) in [5.41, 5.74) is 3.44. The minimum absolute atomic E-state index is 0.0950. The molecule has 2 aromatic carbocycles. The minimum Gasteiger partial charge on any atom is -0.462 e. The van der Waals surface area contributed by atoms with Gasteiger partial charge < -0.3 is 19.0 Å². The van der Waals surface area contributed by atoms with E-state index < -0.39 is 11.9 Å². The summed E-state index contributed by atoms with van der Waals surface area (Å²) >= 11 is 3.22. The van der Waals surface area contributed by atoms with Crippen LogP contribution in [0.25, 0.3) is 22.2 Å². The van der Waals surface area contributed by atoms with Gasteiger partial charge in [0.05, 0.1) is 17.6 Å². The number of nitrogens with zero attached hydrogens (tertiary/aromatic N) is 3. The first kappa shape index (κ1) is 22.8. The summed E-state index contributed by atoms with van der Waals surface area (Å²) in [7, 11) is 0. The molecule has 1 amide bonds. The number of amides is 1. The molecule has 0 radical (unpaired) electrons. The lowest BCUT2D eigenvalue weighted by molar-refractivity contribution is 0.0529. The van der Waals surface area contributed by atoms with Gasteiger partial charge in [0.25, 0.3) is 5.91 Å². The van der Waals surface area contributed by atoms with Crippen molar-refractivity contribution in [1.29, 1.82) is 0 Å². The molecule has 0 saturated heterocycles. The van der Waals surface area contributed by atoms with Crippen molar-refractivity contribution in [3.63, 3.8) is 0 Å². The number of nitrogens with one attached hydrogen (secondary N) is 1. The maximum Gasteiger partial charge on any atom is 0.344 e. The number of ether oxygens (including phenoxy) is 1. The Morgan fingerprint density at radius 1 is 1.00 bits per heavy atom. The zero-order valence-corrected chi connectivity index (χ0v) is 20.4. The first-order valence-corrected chi connectivity index (χ1v) is 11.9. The summed E-state index contributed by atoms with van der Waals surface area (Å²) in [5, 5.41) is 2.86. The number of aromatic nitrogens is 3. The third-order valence-electron chi connectivity index (χ3n) is 5.53. The van der Waals surface area contributed by atoms with Crippen LogP contribution in [-0.2, 0) is 17.7 Å². The van der Waals surface area contributed by atoms with Crippen LogP contribution in [0.2, 0.25) is 0 Å². The normalized spacial score (nSPS) is 11.1. The SMILES string of the molecule is CCOC(=O)c1c(NC(=O)c2ccc(Br)o2)n(CCc2ccccc2)c2nc3ccccc3nc12. The predicted octanol–water partition coefficient (Wildman–Crippen LogP) is 5.61. The molecule has 3 heterocycles. The lowest BCUT2D eigenvalue weighted by Gasteiger charge is -2.12. The van der Waals surface area contributed by atoms with Gasteiger partial charge in [0.15, 0.2) is 16.1 Å². The van der Waals surface area contributed by atoms with Gasteiger partial charge in [-0.25, -0.2) is 14.8 Å².